The highest BCUT2D eigenvalue weighted by atomic mass is 31.2. The van der Waals surface area contributed by atoms with E-state index in [1.807, 2.05) is 0 Å². The van der Waals surface area contributed by atoms with Gasteiger partial charge in [0.2, 0.25) is 0 Å². The molecule has 5 heteroatoms. The Morgan fingerprint density at radius 3 is 2.00 bits per heavy atom. The Morgan fingerprint density at radius 2 is 1.90 bits per heavy atom. The van der Waals surface area contributed by atoms with Crippen LogP contribution in [0.5, 0.6) is 0 Å². The maximum absolute atomic E-state index is 10.6. The van der Waals surface area contributed by atoms with Crippen LogP contribution in [-0.4, -0.2) is 24.5 Å². The minimum Gasteiger partial charge on any atom is -0.353 e. The number of rotatable bonds is 3. The van der Waals surface area contributed by atoms with E-state index in [1.165, 1.54) is 7.11 Å². The lowest BCUT2D eigenvalue weighted by atomic mass is 10.4. The maximum Gasteiger partial charge on any atom is 0.327 e. The fourth-order valence-corrected chi connectivity index (χ4v) is 1.34. The molecule has 1 N–H and O–H groups in total. The third-order valence-corrected chi connectivity index (χ3v) is 1.66. The highest BCUT2D eigenvalue weighted by Crippen LogP contribution is 2.41. The molecule has 0 saturated heterocycles. The van der Waals surface area contributed by atoms with Gasteiger partial charge in [-0.15, -0.1) is 0 Å². The Hall–Kier alpha value is 0.110. The van der Waals surface area contributed by atoms with E-state index in [-0.39, 0.29) is 0 Å². The van der Waals surface area contributed by atoms with Gasteiger partial charge in [-0.05, 0) is 13.8 Å². The zero-order chi connectivity index (χ0) is 8.41. The summed E-state index contributed by atoms with van der Waals surface area (Å²) in [5.41, 5.74) is 0. The first-order valence-electron chi connectivity index (χ1n) is 2.83. The van der Waals surface area contributed by atoms with Crippen LogP contribution in [0.15, 0.2) is 0 Å². The van der Waals surface area contributed by atoms with Crippen molar-refractivity contribution >= 4 is 7.60 Å². The van der Waals surface area contributed by atoms with Crippen molar-refractivity contribution in [2.45, 2.75) is 19.6 Å². The van der Waals surface area contributed by atoms with E-state index < -0.39 is 13.4 Å². The van der Waals surface area contributed by atoms with Crippen molar-refractivity contribution in [2.24, 2.45) is 0 Å². The average Bonchev–Trinajstić information content (AvgIpc) is 1.60. The van der Waals surface area contributed by atoms with E-state index in [0.29, 0.717) is 0 Å². The van der Waals surface area contributed by atoms with E-state index in [9.17, 15) is 4.57 Å². The molecule has 4 nitrogen and oxygen atoms in total. The normalized spacial score (nSPS) is 18.5. The average molecular weight is 168 g/mol. The molecule has 1 unspecified atom stereocenters. The second kappa shape index (κ2) is 3.01. The third kappa shape index (κ3) is 4.94. The number of hydrogen-bond acceptors (Lipinski definition) is 3. The summed E-state index contributed by atoms with van der Waals surface area (Å²) < 4.78 is 20.1. The molecule has 0 amide bonds. The van der Waals surface area contributed by atoms with Crippen LogP contribution < -0.4 is 0 Å². The first kappa shape index (κ1) is 10.1. The summed E-state index contributed by atoms with van der Waals surface area (Å²) in [5.74, 6) is -0.987. The Kier molecular flexibility index (Phi) is 3.04. The summed E-state index contributed by atoms with van der Waals surface area (Å²) in [4.78, 5) is 8.74. The van der Waals surface area contributed by atoms with Gasteiger partial charge in [0.1, 0.15) is 0 Å². The summed E-state index contributed by atoms with van der Waals surface area (Å²) in [7, 11) is -2.02. The molecule has 0 spiro atoms. The molecule has 0 fully saturated rings. The fraction of sp³-hybridized carbons (Fsp3) is 1.00. The second-order valence-electron chi connectivity index (χ2n) is 2.50. The van der Waals surface area contributed by atoms with Crippen LogP contribution in [0.3, 0.4) is 0 Å². The standard InChI is InChI=1S/C5H13O4P/c1-5(2,8-3)9-10(4,6)7/h1-4H3,(H,6,7). The van der Waals surface area contributed by atoms with Gasteiger partial charge in [0.15, 0.2) is 5.79 Å². The number of hydrogen-bond donors (Lipinski definition) is 1. The molecule has 0 aromatic rings. The van der Waals surface area contributed by atoms with Gasteiger partial charge in [0, 0.05) is 13.8 Å². The zero-order valence-corrected chi connectivity index (χ0v) is 7.51. The first-order valence-corrected chi connectivity index (χ1v) is 4.85. The van der Waals surface area contributed by atoms with Crippen molar-refractivity contribution in [3.8, 4) is 0 Å². The summed E-state index contributed by atoms with van der Waals surface area (Å²) in [6, 6.07) is 0. The lowest BCUT2D eigenvalue weighted by Crippen LogP contribution is -2.24. The van der Waals surface area contributed by atoms with Crippen LogP contribution >= 0.6 is 7.60 Å². The van der Waals surface area contributed by atoms with Gasteiger partial charge in [0.05, 0.1) is 0 Å². The van der Waals surface area contributed by atoms with Crippen LogP contribution in [0.25, 0.3) is 0 Å². The summed E-state index contributed by atoms with van der Waals surface area (Å²) in [6.07, 6.45) is 0. The van der Waals surface area contributed by atoms with E-state index in [1.54, 1.807) is 13.8 Å². The molecule has 0 bridgehead atoms. The van der Waals surface area contributed by atoms with Crippen LogP contribution in [0, 0.1) is 0 Å². The van der Waals surface area contributed by atoms with Gasteiger partial charge in [0.25, 0.3) is 0 Å². The molecule has 0 aromatic carbocycles. The van der Waals surface area contributed by atoms with E-state index in [0.717, 1.165) is 6.66 Å². The van der Waals surface area contributed by atoms with Gasteiger partial charge in [-0.2, -0.15) is 0 Å². The lowest BCUT2D eigenvalue weighted by molar-refractivity contribution is -0.137. The van der Waals surface area contributed by atoms with Crippen molar-refractivity contribution in [3.05, 3.63) is 0 Å². The Bertz CT molecular complexity index is 148. The second-order valence-corrected chi connectivity index (χ2v) is 4.29. The number of methoxy groups -OCH3 is 1. The minimum absolute atomic E-state index is 0.987. The topological polar surface area (TPSA) is 55.8 Å². The van der Waals surface area contributed by atoms with Gasteiger partial charge >= 0.3 is 7.60 Å². The van der Waals surface area contributed by atoms with Gasteiger partial charge < -0.3 is 9.63 Å². The molecule has 1 atom stereocenters. The van der Waals surface area contributed by atoms with Crippen LogP contribution in [0.1, 0.15) is 13.8 Å². The van der Waals surface area contributed by atoms with Crippen LogP contribution in [0.4, 0.5) is 0 Å². The minimum atomic E-state index is -3.43. The Balaban J connectivity index is 4.02. The van der Waals surface area contributed by atoms with Crippen molar-refractivity contribution in [3.63, 3.8) is 0 Å². The van der Waals surface area contributed by atoms with E-state index >= 15 is 0 Å². The molecule has 0 heterocycles. The highest BCUT2D eigenvalue weighted by Gasteiger charge is 2.25. The van der Waals surface area contributed by atoms with E-state index in [2.05, 4.69) is 4.52 Å². The molecule has 0 aliphatic heterocycles. The molecule has 0 aliphatic carbocycles. The molecule has 62 valence electrons. The predicted molar refractivity (Wildman–Crippen MR) is 37.9 cm³/mol. The lowest BCUT2D eigenvalue weighted by Gasteiger charge is -2.24. The Morgan fingerprint density at radius 1 is 1.50 bits per heavy atom. The molecule has 0 aromatic heterocycles. The molecule has 0 radical (unpaired) electrons. The highest BCUT2D eigenvalue weighted by molar-refractivity contribution is 7.51. The quantitative estimate of drug-likeness (QED) is 0.508. The number of ether oxygens (including phenoxy) is 1. The van der Waals surface area contributed by atoms with Crippen LogP contribution in [-0.2, 0) is 13.8 Å². The molecular weight excluding hydrogens is 155 g/mol. The molecule has 0 rings (SSSR count). The zero-order valence-electron chi connectivity index (χ0n) is 6.62. The maximum atomic E-state index is 10.6. The van der Waals surface area contributed by atoms with E-state index in [4.69, 9.17) is 9.63 Å². The SMILES string of the molecule is COC(C)(C)OP(C)(=O)O. The van der Waals surface area contributed by atoms with Crippen molar-refractivity contribution in [1.82, 2.24) is 0 Å². The predicted octanol–water partition coefficient (Wildman–Crippen LogP) is 1.20. The summed E-state index contributed by atoms with van der Waals surface area (Å²) in [6.45, 7) is 4.26. The van der Waals surface area contributed by atoms with Crippen molar-refractivity contribution < 1.29 is 18.7 Å². The van der Waals surface area contributed by atoms with Crippen molar-refractivity contribution in [2.75, 3.05) is 13.8 Å². The Labute approximate surface area is 60.7 Å². The summed E-state index contributed by atoms with van der Waals surface area (Å²) in [5, 5.41) is 0. The first-order chi connectivity index (χ1) is 4.27. The largest absolute Gasteiger partial charge is 0.353 e. The monoisotopic (exact) mass is 168 g/mol. The van der Waals surface area contributed by atoms with Crippen molar-refractivity contribution in [1.29, 1.82) is 0 Å². The molecule has 0 aliphatic rings. The van der Waals surface area contributed by atoms with Gasteiger partial charge in [-0.25, -0.2) is 0 Å². The fourth-order valence-electron chi connectivity index (χ4n) is 0.445. The smallest absolute Gasteiger partial charge is 0.327 e. The molecular formula is C5H13O4P. The molecule has 10 heavy (non-hydrogen) atoms. The van der Waals surface area contributed by atoms with Gasteiger partial charge in [-0.3, -0.25) is 9.09 Å². The van der Waals surface area contributed by atoms with Gasteiger partial charge in [-0.1, -0.05) is 0 Å². The molecule has 0 saturated carbocycles. The van der Waals surface area contributed by atoms with Crippen LogP contribution in [0.2, 0.25) is 0 Å². The third-order valence-electron chi connectivity index (χ3n) is 0.881. The summed E-state index contributed by atoms with van der Waals surface area (Å²) >= 11 is 0.